The van der Waals surface area contributed by atoms with Gasteiger partial charge in [-0.1, -0.05) is 24.3 Å². The smallest absolute Gasteiger partial charge is 0.247 e. The fourth-order valence-electron chi connectivity index (χ4n) is 3.23. The van der Waals surface area contributed by atoms with Gasteiger partial charge in [-0.05, 0) is 30.2 Å². The molecule has 2 amide bonds. The van der Waals surface area contributed by atoms with Crippen molar-refractivity contribution in [3.05, 3.63) is 59.4 Å². The summed E-state index contributed by atoms with van der Waals surface area (Å²) in [5.74, 6) is -0.323. The molecule has 1 aliphatic rings. The second-order valence-electron chi connectivity index (χ2n) is 6.56. The predicted octanol–water partition coefficient (Wildman–Crippen LogP) is 1.77. The number of nitrogens with one attached hydrogen (secondary N) is 2. The molecule has 0 aliphatic carbocycles. The first kappa shape index (κ1) is 18.8. The van der Waals surface area contributed by atoms with Crippen LogP contribution in [0.3, 0.4) is 0 Å². The molecule has 0 bridgehead atoms. The van der Waals surface area contributed by atoms with E-state index in [4.69, 9.17) is 10.5 Å². The minimum absolute atomic E-state index is 0.00308. The highest BCUT2D eigenvalue weighted by molar-refractivity contribution is 6.00. The van der Waals surface area contributed by atoms with Crippen LogP contribution in [0.25, 0.3) is 0 Å². The van der Waals surface area contributed by atoms with Gasteiger partial charge in [-0.25, -0.2) is 4.39 Å². The van der Waals surface area contributed by atoms with Gasteiger partial charge in [-0.2, -0.15) is 0 Å². The first-order valence-electron chi connectivity index (χ1n) is 8.73. The van der Waals surface area contributed by atoms with Gasteiger partial charge >= 0.3 is 0 Å². The lowest BCUT2D eigenvalue weighted by molar-refractivity contribution is -0.126. The topological polar surface area (TPSA) is 93.4 Å². The number of ether oxygens (including phenoxy) is 1. The zero-order valence-electron chi connectivity index (χ0n) is 15.0. The van der Waals surface area contributed by atoms with Crippen molar-refractivity contribution in [3.8, 4) is 5.75 Å². The van der Waals surface area contributed by atoms with Crippen LogP contribution in [0, 0.1) is 5.82 Å². The van der Waals surface area contributed by atoms with Gasteiger partial charge in [0.05, 0.1) is 7.11 Å². The Morgan fingerprint density at radius 2 is 2.11 bits per heavy atom. The molecule has 2 aromatic carbocycles. The van der Waals surface area contributed by atoms with E-state index in [2.05, 4.69) is 10.6 Å². The van der Waals surface area contributed by atoms with Gasteiger partial charge in [0.25, 0.3) is 0 Å². The highest BCUT2D eigenvalue weighted by Gasteiger charge is 2.29. The molecule has 2 aromatic rings. The number of carbonyl (C=O) groups excluding carboxylic acids is 2. The van der Waals surface area contributed by atoms with E-state index < -0.39 is 12.1 Å². The van der Waals surface area contributed by atoms with Crippen LogP contribution in [-0.4, -0.2) is 31.0 Å². The van der Waals surface area contributed by atoms with Gasteiger partial charge in [0.15, 0.2) is 0 Å². The number of nitrogens with two attached hydrogens (primary N) is 1. The summed E-state index contributed by atoms with van der Waals surface area (Å²) >= 11 is 0. The largest absolute Gasteiger partial charge is 0.496 e. The van der Waals surface area contributed by atoms with E-state index in [1.165, 1.54) is 6.07 Å². The molecule has 27 heavy (non-hydrogen) atoms. The standard InChI is InChI=1S/C20H22FN3O3/c1-27-18-8-4-7-16-14(18)11-17(20(26)24-16)23-19(25)10-13(22)9-12-5-2-3-6-15(12)21/h2-8,13,17H,9-11,22H2,1H3,(H,23,25)(H,24,26). The minimum atomic E-state index is -0.707. The Kier molecular flexibility index (Phi) is 5.71. The van der Waals surface area contributed by atoms with Crippen molar-refractivity contribution in [1.82, 2.24) is 5.32 Å². The van der Waals surface area contributed by atoms with Gasteiger partial charge < -0.3 is 21.1 Å². The number of hydrogen-bond donors (Lipinski definition) is 3. The number of halogens is 1. The molecule has 0 radical (unpaired) electrons. The first-order valence-corrected chi connectivity index (χ1v) is 8.73. The van der Waals surface area contributed by atoms with Crippen LogP contribution in [0.5, 0.6) is 5.75 Å². The summed E-state index contributed by atoms with van der Waals surface area (Å²) in [6.07, 6.45) is 0.573. The summed E-state index contributed by atoms with van der Waals surface area (Å²) in [6.45, 7) is 0. The van der Waals surface area contributed by atoms with Crippen LogP contribution in [0.2, 0.25) is 0 Å². The quantitative estimate of drug-likeness (QED) is 0.722. The molecule has 0 saturated heterocycles. The van der Waals surface area contributed by atoms with Gasteiger partial charge in [-0.3, -0.25) is 9.59 Å². The summed E-state index contributed by atoms with van der Waals surface area (Å²) < 4.78 is 19.0. The third-order valence-electron chi connectivity index (χ3n) is 4.56. The third-order valence-corrected chi connectivity index (χ3v) is 4.56. The van der Waals surface area contributed by atoms with E-state index in [-0.39, 0.29) is 30.5 Å². The van der Waals surface area contributed by atoms with Crippen molar-refractivity contribution < 1.29 is 18.7 Å². The number of rotatable bonds is 6. The number of hydrogen-bond acceptors (Lipinski definition) is 4. The Balaban J connectivity index is 1.60. The van der Waals surface area contributed by atoms with Crippen LogP contribution in [0.4, 0.5) is 10.1 Å². The molecule has 2 atom stereocenters. The molecule has 0 spiro atoms. The van der Waals surface area contributed by atoms with Gasteiger partial charge in [0.1, 0.15) is 17.6 Å². The van der Waals surface area contributed by atoms with E-state index >= 15 is 0 Å². The average molecular weight is 371 g/mol. The second kappa shape index (κ2) is 8.18. The molecule has 6 nitrogen and oxygen atoms in total. The van der Waals surface area contributed by atoms with E-state index in [0.717, 1.165) is 5.56 Å². The Morgan fingerprint density at radius 1 is 1.33 bits per heavy atom. The summed E-state index contributed by atoms with van der Waals surface area (Å²) in [6, 6.07) is 10.5. The second-order valence-corrected chi connectivity index (χ2v) is 6.56. The fourth-order valence-corrected chi connectivity index (χ4v) is 3.23. The molecular formula is C20H22FN3O3. The zero-order chi connectivity index (χ0) is 19.4. The molecule has 4 N–H and O–H groups in total. The van der Waals surface area contributed by atoms with Crippen LogP contribution in [-0.2, 0) is 22.4 Å². The molecule has 1 heterocycles. The number of amides is 2. The van der Waals surface area contributed by atoms with Crippen molar-refractivity contribution in [2.75, 3.05) is 12.4 Å². The van der Waals surface area contributed by atoms with Gasteiger partial charge in [0, 0.05) is 30.1 Å². The van der Waals surface area contributed by atoms with Crippen molar-refractivity contribution in [1.29, 1.82) is 0 Å². The lowest BCUT2D eigenvalue weighted by Gasteiger charge is -2.27. The maximum atomic E-state index is 13.7. The van der Waals surface area contributed by atoms with Crippen molar-refractivity contribution >= 4 is 17.5 Å². The lowest BCUT2D eigenvalue weighted by Crippen LogP contribution is -2.48. The normalized spacial score (nSPS) is 16.9. The number of carbonyl (C=O) groups is 2. The SMILES string of the molecule is COc1cccc2c1CC(NC(=O)CC(N)Cc1ccccc1F)C(=O)N2. The molecule has 7 heteroatoms. The zero-order valence-corrected chi connectivity index (χ0v) is 15.0. The van der Waals surface area contributed by atoms with Gasteiger partial charge in [0.2, 0.25) is 11.8 Å². The Labute approximate surface area is 156 Å². The molecule has 3 rings (SSSR count). The molecule has 1 aliphatic heterocycles. The van der Waals surface area contributed by atoms with E-state index in [1.807, 2.05) is 0 Å². The summed E-state index contributed by atoms with van der Waals surface area (Å²) in [7, 11) is 1.56. The van der Waals surface area contributed by atoms with E-state index in [1.54, 1.807) is 43.5 Å². The van der Waals surface area contributed by atoms with Crippen LogP contribution in [0.15, 0.2) is 42.5 Å². The average Bonchev–Trinajstić information content (AvgIpc) is 2.63. The number of fused-ring (bicyclic) bond motifs is 1. The highest BCUT2D eigenvalue weighted by atomic mass is 19.1. The third kappa shape index (κ3) is 4.43. The number of benzene rings is 2. The van der Waals surface area contributed by atoms with Crippen molar-refractivity contribution in [2.24, 2.45) is 5.73 Å². The Morgan fingerprint density at radius 3 is 2.85 bits per heavy atom. The highest BCUT2D eigenvalue weighted by Crippen LogP contribution is 2.30. The summed E-state index contributed by atoms with van der Waals surface area (Å²) in [4.78, 5) is 24.6. The Hall–Kier alpha value is -2.93. The summed E-state index contributed by atoms with van der Waals surface area (Å²) in [5.41, 5.74) is 7.97. The lowest BCUT2D eigenvalue weighted by atomic mass is 9.97. The molecule has 0 saturated carbocycles. The van der Waals surface area contributed by atoms with Gasteiger partial charge in [-0.15, -0.1) is 0 Å². The van der Waals surface area contributed by atoms with Crippen molar-refractivity contribution in [3.63, 3.8) is 0 Å². The summed E-state index contributed by atoms with van der Waals surface area (Å²) in [5, 5.41) is 5.49. The molecule has 0 aromatic heterocycles. The molecular weight excluding hydrogens is 349 g/mol. The Bertz CT molecular complexity index is 856. The fraction of sp³-hybridized carbons (Fsp3) is 0.300. The van der Waals surface area contributed by atoms with Crippen LogP contribution in [0.1, 0.15) is 17.5 Å². The number of methoxy groups -OCH3 is 1. The molecule has 0 fully saturated rings. The van der Waals surface area contributed by atoms with Crippen LogP contribution >= 0.6 is 0 Å². The first-order chi connectivity index (χ1) is 13.0. The van der Waals surface area contributed by atoms with E-state index in [9.17, 15) is 14.0 Å². The molecule has 2 unspecified atom stereocenters. The molecule has 142 valence electrons. The van der Waals surface area contributed by atoms with Crippen molar-refractivity contribution in [2.45, 2.75) is 31.3 Å². The maximum absolute atomic E-state index is 13.7. The minimum Gasteiger partial charge on any atom is -0.496 e. The number of anilines is 1. The monoisotopic (exact) mass is 371 g/mol. The predicted molar refractivity (Wildman–Crippen MR) is 100.0 cm³/mol. The van der Waals surface area contributed by atoms with Crippen LogP contribution < -0.4 is 21.1 Å². The van der Waals surface area contributed by atoms with E-state index in [0.29, 0.717) is 23.4 Å². The maximum Gasteiger partial charge on any atom is 0.247 e.